The maximum absolute atomic E-state index is 12.7. The molecule has 3 aromatic rings. The van der Waals surface area contributed by atoms with Crippen LogP contribution in [0.25, 0.3) is 10.9 Å². The van der Waals surface area contributed by atoms with Crippen LogP contribution in [0.1, 0.15) is 5.56 Å². The Morgan fingerprint density at radius 1 is 1.17 bits per heavy atom. The summed E-state index contributed by atoms with van der Waals surface area (Å²) in [4.78, 5) is 17.0. The van der Waals surface area contributed by atoms with E-state index in [4.69, 9.17) is 21.1 Å². The van der Waals surface area contributed by atoms with Gasteiger partial charge < -0.3 is 9.47 Å². The summed E-state index contributed by atoms with van der Waals surface area (Å²) >= 11 is 9.49. The van der Waals surface area contributed by atoms with Crippen molar-refractivity contribution in [2.24, 2.45) is 0 Å². The fourth-order valence-electron chi connectivity index (χ4n) is 2.44. The Hall–Kier alpha value is -2.05. The molecule has 5 nitrogen and oxygen atoms in total. The van der Waals surface area contributed by atoms with Crippen LogP contribution in [0.2, 0.25) is 5.02 Å². The van der Waals surface area contributed by atoms with Crippen LogP contribution in [0.4, 0.5) is 0 Å². The SMILES string of the molecule is COc1cc(Br)c(Cn2cnc3ccc(Cl)cc3c2=O)cc1OC. The van der Waals surface area contributed by atoms with Gasteiger partial charge in [-0.3, -0.25) is 9.36 Å². The van der Waals surface area contributed by atoms with Gasteiger partial charge in [-0.2, -0.15) is 0 Å². The summed E-state index contributed by atoms with van der Waals surface area (Å²) < 4.78 is 12.9. The molecule has 0 aliphatic heterocycles. The second-order valence-corrected chi connectivity index (χ2v) is 6.43. The second kappa shape index (κ2) is 6.83. The van der Waals surface area contributed by atoms with E-state index < -0.39 is 0 Å². The number of hydrogen-bond donors (Lipinski definition) is 0. The molecule has 0 atom stereocenters. The summed E-state index contributed by atoms with van der Waals surface area (Å²) in [7, 11) is 3.15. The molecule has 0 fully saturated rings. The van der Waals surface area contributed by atoms with Gasteiger partial charge in [-0.1, -0.05) is 27.5 Å². The Bertz CT molecular complexity index is 972. The van der Waals surface area contributed by atoms with E-state index in [2.05, 4.69) is 20.9 Å². The summed E-state index contributed by atoms with van der Waals surface area (Å²) in [5, 5.41) is 0.994. The van der Waals surface area contributed by atoms with Crippen molar-refractivity contribution in [2.75, 3.05) is 14.2 Å². The standard InChI is InChI=1S/C17H14BrClN2O3/c1-23-15-5-10(13(18)7-16(15)24-2)8-21-9-20-14-4-3-11(19)6-12(14)17(21)22/h3-7,9H,8H2,1-2H3. The zero-order valence-electron chi connectivity index (χ0n) is 13.0. The van der Waals surface area contributed by atoms with E-state index in [1.54, 1.807) is 32.4 Å². The van der Waals surface area contributed by atoms with Crippen LogP contribution in [0, 0.1) is 0 Å². The molecule has 0 aliphatic carbocycles. The molecule has 124 valence electrons. The molecule has 24 heavy (non-hydrogen) atoms. The van der Waals surface area contributed by atoms with E-state index in [-0.39, 0.29) is 5.56 Å². The fourth-order valence-corrected chi connectivity index (χ4v) is 3.06. The minimum Gasteiger partial charge on any atom is -0.493 e. The topological polar surface area (TPSA) is 53.4 Å². The number of aromatic nitrogens is 2. The van der Waals surface area contributed by atoms with Gasteiger partial charge in [0.25, 0.3) is 5.56 Å². The van der Waals surface area contributed by atoms with Gasteiger partial charge in [-0.15, -0.1) is 0 Å². The molecule has 7 heteroatoms. The number of ether oxygens (including phenoxy) is 2. The third kappa shape index (κ3) is 3.12. The highest BCUT2D eigenvalue weighted by molar-refractivity contribution is 9.10. The first kappa shape index (κ1) is 16.8. The van der Waals surface area contributed by atoms with Gasteiger partial charge in [0.05, 0.1) is 38.0 Å². The molecule has 0 saturated carbocycles. The Morgan fingerprint density at radius 3 is 2.58 bits per heavy atom. The minimum absolute atomic E-state index is 0.149. The third-order valence-electron chi connectivity index (χ3n) is 3.68. The van der Waals surface area contributed by atoms with Crippen LogP contribution in [-0.4, -0.2) is 23.8 Å². The van der Waals surface area contributed by atoms with Crippen molar-refractivity contribution >= 4 is 38.4 Å². The average Bonchev–Trinajstić information content (AvgIpc) is 2.59. The van der Waals surface area contributed by atoms with E-state index in [0.29, 0.717) is 34.0 Å². The van der Waals surface area contributed by atoms with Crippen molar-refractivity contribution < 1.29 is 9.47 Å². The zero-order chi connectivity index (χ0) is 17.3. The van der Waals surface area contributed by atoms with Crippen LogP contribution < -0.4 is 15.0 Å². The van der Waals surface area contributed by atoms with Crippen molar-refractivity contribution in [1.29, 1.82) is 0 Å². The lowest BCUT2D eigenvalue weighted by atomic mass is 10.2. The molecular formula is C17H14BrClN2O3. The highest BCUT2D eigenvalue weighted by atomic mass is 79.9. The van der Waals surface area contributed by atoms with Gasteiger partial charge >= 0.3 is 0 Å². The predicted octanol–water partition coefficient (Wildman–Crippen LogP) is 3.88. The Labute approximate surface area is 151 Å². The van der Waals surface area contributed by atoms with Gasteiger partial charge in [0.1, 0.15) is 0 Å². The van der Waals surface area contributed by atoms with Crippen molar-refractivity contribution in [2.45, 2.75) is 6.54 Å². The van der Waals surface area contributed by atoms with Gasteiger partial charge in [0, 0.05) is 9.50 Å². The van der Waals surface area contributed by atoms with Gasteiger partial charge in [-0.05, 0) is 35.9 Å². The van der Waals surface area contributed by atoms with Crippen LogP contribution in [-0.2, 0) is 6.54 Å². The van der Waals surface area contributed by atoms with Crippen molar-refractivity contribution in [3.8, 4) is 11.5 Å². The number of rotatable bonds is 4. The van der Waals surface area contributed by atoms with E-state index >= 15 is 0 Å². The molecule has 0 aliphatic rings. The van der Waals surface area contributed by atoms with Gasteiger partial charge in [0.2, 0.25) is 0 Å². The average molecular weight is 410 g/mol. The first-order valence-corrected chi connectivity index (χ1v) is 8.25. The summed E-state index contributed by atoms with van der Waals surface area (Å²) in [6.07, 6.45) is 1.53. The summed E-state index contributed by atoms with van der Waals surface area (Å²) in [6, 6.07) is 8.72. The van der Waals surface area contributed by atoms with Crippen LogP contribution in [0.5, 0.6) is 11.5 Å². The molecule has 1 aromatic heterocycles. The summed E-state index contributed by atoms with van der Waals surface area (Å²) in [5.41, 5.74) is 1.34. The summed E-state index contributed by atoms with van der Waals surface area (Å²) in [5.74, 6) is 1.21. The van der Waals surface area contributed by atoms with Crippen molar-refractivity contribution in [3.63, 3.8) is 0 Å². The first-order valence-electron chi connectivity index (χ1n) is 7.08. The Balaban J connectivity index is 2.07. The smallest absolute Gasteiger partial charge is 0.261 e. The number of methoxy groups -OCH3 is 2. The lowest BCUT2D eigenvalue weighted by Gasteiger charge is -2.13. The molecule has 0 spiro atoms. The van der Waals surface area contributed by atoms with E-state index in [9.17, 15) is 4.79 Å². The highest BCUT2D eigenvalue weighted by Gasteiger charge is 2.12. The number of benzene rings is 2. The molecule has 0 N–H and O–H groups in total. The van der Waals surface area contributed by atoms with Gasteiger partial charge in [-0.25, -0.2) is 4.98 Å². The molecule has 0 amide bonds. The maximum atomic E-state index is 12.7. The van der Waals surface area contributed by atoms with E-state index in [0.717, 1.165) is 10.0 Å². The normalized spacial score (nSPS) is 10.8. The lowest BCUT2D eigenvalue weighted by Crippen LogP contribution is -2.21. The fraction of sp³-hybridized carbons (Fsp3) is 0.176. The zero-order valence-corrected chi connectivity index (χ0v) is 15.4. The Kier molecular flexibility index (Phi) is 4.78. The summed E-state index contributed by atoms with van der Waals surface area (Å²) in [6.45, 7) is 0.342. The Morgan fingerprint density at radius 2 is 1.88 bits per heavy atom. The molecule has 0 unspecified atom stereocenters. The van der Waals surface area contributed by atoms with Crippen molar-refractivity contribution in [3.05, 3.63) is 62.1 Å². The minimum atomic E-state index is -0.149. The number of nitrogens with zero attached hydrogens (tertiary/aromatic N) is 2. The predicted molar refractivity (Wildman–Crippen MR) is 97.4 cm³/mol. The lowest BCUT2D eigenvalue weighted by molar-refractivity contribution is 0.354. The third-order valence-corrected chi connectivity index (χ3v) is 4.65. The molecule has 2 aromatic carbocycles. The second-order valence-electron chi connectivity index (χ2n) is 5.14. The van der Waals surface area contributed by atoms with Crippen LogP contribution in [0.3, 0.4) is 0 Å². The van der Waals surface area contributed by atoms with Gasteiger partial charge in [0.15, 0.2) is 11.5 Å². The number of hydrogen-bond acceptors (Lipinski definition) is 4. The molecule has 1 heterocycles. The molecular weight excluding hydrogens is 396 g/mol. The van der Waals surface area contributed by atoms with Crippen LogP contribution >= 0.6 is 27.5 Å². The quantitative estimate of drug-likeness (QED) is 0.656. The van der Waals surface area contributed by atoms with Crippen LogP contribution in [0.15, 0.2) is 45.9 Å². The molecule has 3 rings (SSSR count). The monoisotopic (exact) mass is 408 g/mol. The number of fused-ring (bicyclic) bond motifs is 1. The van der Waals surface area contributed by atoms with Crippen molar-refractivity contribution in [1.82, 2.24) is 9.55 Å². The molecule has 0 radical (unpaired) electrons. The number of halogens is 2. The highest BCUT2D eigenvalue weighted by Crippen LogP contribution is 2.33. The first-order chi connectivity index (χ1) is 11.5. The molecule has 0 bridgehead atoms. The maximum Gasteiger partial charge on any atom is 0.261 e. The molecule has 0 saturated heterocycles. The van der Waals surface area contributed by atoms with E-state index in [1.165, 1.54) is 10.9 Å². The van der Waals surface area contributed by atoms with E-state index in [1.807, 2.05) is 12.1 Å². The largest absolute Gasteiger partial charge is 0.493 e.